The predicted molar refractivity (Wildman–Crippen MR) is 75.1 cm³/mol. The third kappa shape index (κ3) is 5.52. The van der Waals surface area contributed by atoms with Crippen LogP contribution in [0, 0.1) is 13.8 Å². The largest absolute Gasteiger partial charge is 0.493 e. The fourth-order valence-electron chi connectivity index (χ4n) is 1.51. The van der Waals surface area contributed by atoms with Crippen LogP contribution in [0.3, 0.4) is 0 Å². The second kappa shape index (κ2) is 8.11. The number of benzene rings is 1. The van der Waals surface area contributed by atoms with E-state index < -0.39 is 0 Å². The molecule has 1 rings (SSSR count). The van der Waals surface area contributed by atoms with Crippen LogP contribution in [0.2, 0.25) is 0 Å². The van der Waals surface area contributed by atoms with Crippen molar-refractivity contribution in [2.45, 2.75) is 39.7 Å². The van der Waals surface area contributed by atoms with Crippen LogP contribution in [0.25, 0.3) is 0 Å². The van der Waals surface area contributed by atoms with Crippen LogP contribution < -0.4 is 10.5 Å². The lowest BCUT2D eigenvalue weighted by Gasteiger charge is -2.10. The maximum absolute atomic E-state index is 5.75. The van der Waals surface area contributed by atoms with Crippen molar-refractivity contribution in [3.63, 3.8) is 0 Å². The van der Waals surface area contributed by atoms with Crippen LogP contribution in [0.1, 0.15) is 30.9 Å². The maximum atomic E-state index is 5.75. The molecule has 3 nitrogen and oxygen atoms in total. The molecule has 0 aliphatic heterocycles. The minimum Gasteiger partial charge on any atom is -0.493 e. The van der Waals surface area contributed by atoms with Gasteiger partial charge in [0.15, 0.2) is 0 Å². The summed E-state index contributed by atoms with van der Waals surface area (Å²) < 4.78 is 11.1. The Morgan fingerprint density at radius 3 is 2.61 bits per heavy atom. The van der Waals surface area contributed by atoms with Crippen LogP contribution in [0.15, 0.2) is 18.2 Å². The Kier molecular flexibility index (Phi) is 6.76. The molecule has 0 aliphatic carbocycles. The molecule has 0 bridgehead atoms. The first-order valence-electron chi connectivity index (χ1n) is 6.67. The van der Waals surface area contributed by atoms with Crippen molar-refractivity contribution in [3.05, 3.63) is 29.3 Å². The van der Waals surface area contributed by atoms with Crippen molar-refractivity contribution >= 4 is 0 Å². The molecule has 0 saturated carbocycles. The third-order valence-electron chi connectivity index (χ3n) is 3.04. The van der Waals surface area contributed by atoms with Crippen molar-refractivity contribution in [1.29, 1.82) is 0 Å². The van der Waals surface area contributed by atoms with E-state index in [1.165, 1.54) is 11.1 Å². The van der Waals surface area contributed by atoms with Crippen molar-refractivity contribution in [1.82, 2.24) is 0 Å². The summed E-state index contributed by atoms with van der Waals surface area (Å²) in [4.78, 5) is 0. The summed E-state index contributed by atoms with van der Waals surface area (Å²) in [6, 6.07) is 6.33. The number of ether oxygens (including phenoxy) is 2. The Balaban J connectivity index is 2.12. The first kappa shape index (κ1) is 15.0. The Hall–Kier alpha value is -1.06. The fourth-order valence-corrected chi connectivity index (χ4v) is 1.51. The molecule has 102 valence electrons. The summed E-state index contributed by atoms with van der Waals surface area (Å²) in [7, 11) is 0. The SMILES string of the molecule is CCC(N)COCCCOc1ccc(C)c(C)c1. The molecular weight excluding hydrogens is 226 g/mol. The van der Waals surface area contributed by atoms with Crippen LogP contribution >= 0.6 is 0 Å². The Morgan fingerprint density at radius 2 is 1.94 bits per heavy atom. The van der Waals surface area contributed by atoms with Gasteiger partial charge in [-0.05, 0) is 43.5 Å². The van der Waals surface area contributed by atoms with Crippen molar-refractivity contribution in [3.8, 4) is 5.75 Å². The standard InChI is InChI=1S/C15H25NO2/c1-4-14(16)11-17-8-5-9-18-15-7-6-12(2)13(3)10-15/h6-7,10,14H,4-5,8-9,11,16H2,1-3H3. The Labute approximate surface area is 110 Å². The summed E-state index contributed by atoms with van der Waals surface area (Å²) in [6.07, 6.45) is 1.85. The van der Waals surface area contributed by atoms with E-state index >= 15 is 0 Å². The van der Waals surface area contributed by atoms with Gasteiger partial charge in [0.05, 0.1) is 13.2 Å². The lowest BCUT2D eigenvalue weighted by Crippen LogP contribution is -2.25. The normalized spacial score (nSPS) is 12.4. The zero-order valence-electron chi connectivity index (χ0n) is 11.7. The molecule has 3 heteroatoms. The van der Waals surface area contributed by atoms with Gasteiger partial charge in [0, 0.05) is 19.1 Å². The summed E-state index contributed by atoms with van der Waals surface area (Å²) >= 11 is 0. The van der Waals surface area contributed by atoms with Gasteiger partial charge in [-0.15, -0.1) is 0 Å². The number of nitrogens with two attached hydrogens (primary N) is 1. The van der Waals surface area contributed by atoms with E-state index in [4.69, 9.17) is 15.2 Å². The first-order chi connectivity index (χ1) is 8.63. The van der Waals surface area contributed by atoms with E-state index in [1.807, 2.05) is 6.07 Å². The lowest BCUT2D eigenvalue weighted by atomic mass is 10.1. The average Bonchev–Trinajstić information content (AvgIpc) is 2.37. The highest BCUT2D eigenvalue weighted by molar-refractivity contribution is 5.33. The van der Waals surface area contributed by atoms with Crippen LogP contribution in [0.5, 0.6) is 5.75 Å². The third-order valence-corrected chi connectivity index (χ3v) is 3.04. The average molecular weight is 251 g/mol. The number of aryl methyl sites for hydroxylation is 2. The Morgan fingerprint density at radius 1 is 1.17 bits per heavy atom. The van der Waals surface area contributed by atoms with Crippen LogP contribution in [0.4, 0.5) is 0 Å². The lowest BCUT2D eigenvalue weighted by molar-refractivity contribution is 0.107. The molecule has 1 aromatic carbocycles. The molecule has 1 atom stereocenters. The first-order valence-corrected chi connectivity index (χ1v) is 6.67. The highest BCUT2D eigenvalue weighted by Gasteiger charge is 1.99. The zero-order valence-corrected chi connectivity index (χ0v) is 11.7. The molecule has 18 heavy (non-hydrogen) atoms. The zero-order chi connectivity index (χ0) is 13.4. The maximum Gasteiger partial charge on any atom is 0.119 e. The number of rotatable bonds is 8. The minimum atomic E-state index is 0.158. The topological polar surface area (TPSA) is 44.5 Å². The van der Waals surface area contributed by atoms with Gasteiger partial charge in [-0.25, -0.2) is 0 Å². The second-order valence-corrected chi connectivity index (χ2v) is 4.69. The van der Waals surface area contributed by atoms with Crippen molar-refractivity contribution in [2.24, 2.45) is 5.73 Å². The molecule has 2 N–H and O–H groups in total. The molecule has 0 amide bonds. The van der Waals surface area contributed by atoms with E-state index in [0.29, 0.717) is 19.8 Å². The van der Waals surface area contributed by atoms with Gasteiger partial charge in [0.25, 0.3) is 0 Å². The minimum absolute atomic E-state index is 0.158. The number of hydrogen-bond donors (Lipinski definition) is 1. The molecule has 0 spiro atoms. The molecular formula is C15H25NO2. The molecule has 0 heterocycles. The molecule has 0 aliphatic rings. The van der Waals surface area contributed by atoms with Crippen molar-refractivity contribution < 1.29 is 9.47 Å². The van der Waals surface area contributed by atoms with Crippen molar-refractivity contribution in [2.75, 3.05) is 19.8 Å². The van der Waals surface area contributed by atoms with Gasteiger partial charge in [0.1, 0.15) is 5.75 Å². The van der Waals surface area contributed by atoms with Crippen LogP contribution in [-0.2, 0) is 4.74 Å². The summed E-state index contributed by atoms with van der Waals surface area (Å²) in [6.45, 7) is 8.29. The summed E-state index contributed by atoms with van der Waals surface area (Å²) in [5.41, 5.74) is 8.31. The smallest absolute Gasteiger partial charge is 0.119 e. The van der Waals surface area contributed by atoms with E-state index in [-0.39, 0.29) is 6.04 Å². The molecule has 1 aromatic rings. The van der Waals surface area contributed by atoms with E-state index in [2.05, 4.69) is 32.9 Å². The highest BCUT2D eigenvalue weighted by atomic mass is 16.5. The van der Waals surface area contributed by atoms with Gasteiger partial charge in [0.2, 0.25) is 0 Å². The summed E-state index contributed by atoms with van der Waals surface area (Å²) in [5.74, 6) is 0.934. The molecule has 0 saturated heterocycles. The van der Waals surface area contributed by atoms with Gasteiger partial charge in [-0.2, -0.15) is 0 Å². The molecule has 1 unspecified atom stereocenters. The van der Waals surface area contributed by atoms with E-state index in [0.717, 1.165) is 18.6 Å². The van der Waals surface area contributed by atoms with Crippen LogP contribution in [-0.4, -0.2) is 25.9 Å². The van der Waals surface area contributed by atoms with Gasteiger partial charge < -0.3 is 15.2 Å². The van der Waals surface area contributed by atoms with Gasteiger partial charge >= 0.3 is 0 Å². The summed E-state index contributed by atoms with van der Waals surface area (Å²) in [5, 5.41) is 0. The predicted octanol–water partition coefficient (Wildman–Crippen LogP) is 2.83. The quantitative estimate of drug-likeness (QED) is 0.723. The second-order valence-electron chi connectivity index (χ2n) is 4.69. The van der Waals surface area contributed by atoms with E-state index in [9.17, 15) is 0 Å². The van der Waals surface area contributed by atoms with Gasteiger partial charge in [-0.3, -0.25) is 0 Å². The monoisotopic (exact) mass is 251 g/mol. The molecule has 0 radical (unpaired) electrons. The van der Waals surface area contributed by atoms with Gasteiger partial charge in [-0.1, -0.05) is 13.0 Å². The highest BCUT2D eigenvalue weighted by Crippen LogP contribution is 2.16. The number of hydrogen-bond acceptors (Lipinski definition) is 3. The Bertz CT molecular complexity index is 352. The van der Waals surface area contributed by atoms with E-state index in [1.54, 1.807) is 0 Å². The fraction of sp³-hybridized carbons (Fsp3) is 0.600. The molecule has 0 aromatic heterocycles. The molecule has 0 fully saturated rings.